The highest BCUT2D eigenvalue weighted by Crippen LogP contribution is 2.23. The first-order chi connectivity index (χ1) is 9.19. The fourth-order valence-electron chi connectivity index (χ4n) is 2.58. The molecule has 1 heterocycles. The minimum Gasteiger partial charge on any atom is -0.494 e. The molecule has 1 aromatic carbocycles. The van der Waals surface area contributed by atoms with Crippen molar-refractivity contribution in [2.75, 3.05) is 24.6 Å². The minimum absolute atomic E-state index is 0.565. The summed E-state index contributed by atoms with van der Waals surface area (Å²) in [4.78, 5) is 2.45. The van der Waals surface area contributed by atoms with E-state index in [1.54, 1.807) is 0 Å². The molecule has 0 spiro atoms. The molecule has 1 unspecified atom stereocenters. The molecular weight excluding hydrogens is 236 g/mol. The van der Waals surface area contributed by atoms with E-state index in [0.717, 1.165) is 31.9 Å². The molecule has 1 atom stereocenters. The van der Waals surface area contributed by atoms with E-state index in [0.29, 0.717) is 12.1 Å². The summed E-state index contributed by atoms with van der Waals surface area (Å²) in [5.74, 6) is 0.974. The normalized spacial score (nSPS) is 19.2. The van der Waals surface area contributed by atoms with E-state index in [9.17, 15) is 0 Å². The molecule has 106 valence electrons. The predicted molar refractivity (Wildman–Crippen MR) is 81.1 cm³/mol. The zero-order chi connectivity index (χ0) is 13.7. The van der Waals surface area contributed by atoms with Crippen molar-refractivity contribution in [2.24, 2.45) is 0 Å². The van der Waals surface area contributed by atoms with Crippen molar-refractivity contribution < 1.29 is 4.74 Å². The summed E-state index contributed by atoms with van der Waals surface area (Å²) in [5, 5.41) is 3.61. The van der Waals surface area contributed by atoms with Crippen LogP contribution < -0.4 is 15.0 Å². The summed E-state index contributed by atoms with van der Waals surface area (Å²) in [6, 6.07) is 9.68. The summed E-state index contributed by atoms with van der Waals surface area (Å²) in [7, 11) is 0. The first-order valence-corrected chi connectivity index (χ1v) is 7.43. The van der Waals surface area contributed by atoms with Crippen LogP contribution in [0.3, 0.4) is 0 Å². The van der Waals surface area contributed by atoms with Crippen LogP contribution in [-0.4, -0.2) is 31.8 Å². The van der Waals surface area contributed by atoms with Crippen LogP contribution in [0.2, 0.25) is 0 Å². The lowest BCUT2D eigenvalue weighted by Crippen LogP contribution is -2.36. The van der Waals surface area contributed by atoms with Crippen LogP contribution in [0.25, 0.3) is 0 Å². The topological polar surface area (TPSA) is 24.5 Å². The standard InChI is InChI=1S/C16H26N2O/c1-4-11-19-16-7-5-15(6-8-16)18-10-9-14(12-18)17-13(2)3/h5-8,13-14,17H,4,9-12H2,1-3H3. The quantitative estimate of drug-likeness (QED) is 0.853. The molecule has 0 saturated carbocycles. The highest BCUT2D eigenvalue weighted by Gasteiger charge is 2.22. The van der Waals surface area contributed by atoms with E-state index in [1.165, 1.54) is 12.1 Å². The molecule has 0 bridgehead atoms. The summed E-state index contributed by atoms with van der Waals surface area (Å²) >= 11 is 0. The largest absolute Gasteiger partial charge is 0.494 e. The second-order valence-corrected chi connectivity index (χ2v) is 5.60. The Morgan fingerprint density at radius 3 is 2.68 bits per heavy atom. The van der Waals surface area contributed by atoms with Crippen molar-refractivity contribution in [3.05, 3.63) is 24.3 Å². The van der Waals surface area contributed by atoms with Gasteiger partial charge in [0.1, 0.15) is 5.75 Å². The number of nitrogens with zero attached hydrogens (tertiary/aromatic N) is 1. The number of rotatable bonds is 6. The monoisotopic (exact) mass is 262 g/mol. The van der Waals surface area contributed by atoms with Crippen molar-refractivity contribution in [1.29, 1.82) is 0 Å². The minimum atomic E-state index is 0.565. The molecule has 19 heavy (non-hydrogen) atoms. The fraction of sp³-hybridized carbons (Fsp3) is 0.625. The molecule has 0 radical (unpaired) electrons. The summed E-state index contributed by atoms with van der Waals surface area (Å²) < 4.78 is 5.62. The molecule has 2 rings (SSSR count). The van der Waals surface area contributed by atoms with Gasteiger partial charge >= 0.3 is 0 Å². The molecule has 0 amide bonds. The second kappa shape index (κ2) is 6.80. The van der Waals surface area contributed by atoms with Gasteiger partial charge in [-0.3, -0.25) is 0 Å². The Morgan fingerprint density at radius 1 is 1.32 bits per heavy atom. The van der Waals surface area contributed by atoms with Gasteiger partial charge in [0.25, 0.3) is 0 Å². The van der Waals surface area contributed by atoms with E-state index >= 15 is 0 Å². The van der Waals surface area contributed by atoms with Gasteiger partial charge in [0.15, 0.2) is 0 Å². The Morgan fingerprint density at radius 2 is 2.05 bits per heavy atom. The predicted octanol–water partition coefficient (Wildman–Crippen LogP) is 3.05. The number of nitrogens with one attached hydrogen (secondary N) is 1. The lowest BCUT2D eigenvalue weighted by atomic mass is 10.2. The van der Waals surface area contributed by atoms with Gasteiger partial charge in [-0.05, 0) is 37.1 Å². The van der Waals surface area contributed by atoms with Crippen LogP contribution in [0, 0.1) is 0 Å². The van der Waals surface area contributed by atoms with Crippen molar-refractivity contribution in [3.63, 3.8) is 0 Å². The Labute approximate surface area is 116 Å². The molecule has 1 aliphatic heterocycles. The SMILES string of the molecule is CCCOc1ccc(N2CCC(NC(C)C)C2)cc1. The van der Waals surface area contributed by atoms with Gasteiger partial charge in [-0.15, -0.1) is 0 Å². The fourth-order valence-corrected chi connectivity index (χ4v) is 2.58. The van der Waals surface area contributed by atoms with Crippen LogP contribution in [0.5, 0.6) is 5.75 Å². The van der Waals surface area contributed by atoms with Gasteiger partial charge in [0, 0.05) is 30.9 Å². The Bertz CT molecular complexity index is 375. The van der Waals surface area contributed by atoms with E-state index in [4.69, 9.17) is 4.74 Å². The van der Waals surface area contributed by atoms with Gasteiger partial charge in [-0.2, -0.15) is 0 Å². The Hall–Kier alpha value is -1.22. The summed E-state index contributed by atoms with van der Waals surface area (Å²) in [6.45, 7) is 9.59. The maximum Gasteiger partial charge on any atom is 0.119 e. The van der Waals surface area contributed by atoms with Gasteiger partial charge in [-0.1, -0.05) is 20.8 Å². The molecule has 1 N–H and O–H groups in total. The van der Waals surface area contributed by atoms with E-state index in [1.807, 2.05) is 0 Å². The van der Waals surface area contributed by atoms with Crippen LogP contribution in [0.4, 0.5) is 5.69 Å². The molecule has 1 aromatic rings. The zero-order valence-electron chi connectivity index (χ0n) is 12.4. The Kier molecular flexibility index (Phi) is 5.08. The highest BCUT2D eigenvalue weighted by atomic mass is 16.5. The summed E-state index contributed by atoms with van der Waals surface area (Å²) in [6.07, 6.45) is 2.28. The maximum absolute atomic E-state index is 5.62. The third kappa shape index (κ3) is 4.13. The van der Waals surface area contributed by atoms with Gasteiger partial charge in [-0.25, -0.2) is 0 Å². The van der Waals surface area contributed by atoms with Gasteiger partial charge < -0.3 is 15.0 Å². The average molecular weight is 262 g/mol. The zero-order valence-corrected chi connectivity index (χ0v) is 12.4. The summed E-state index contributed by atoms with van der Waals surface area (Å²) in [5.41, 5.74) is 1.30. The van der Waals surface area contributed by atoms with Crippen molar-refractivity contribution in [2.45, 2.75) is 45.7 Å². The van der Waals surface area contributed by atoms with Gasteiger partial charge in [0.05, 0.1) is 6.61 Å². The lowest BCUT2D eigenvalue weighted by molar-refractivity contribution is 0.317. The highest BCUT2D eigenvalue weighted by molar-refractivity contribution is 5.50. The van der Waals surface area contributed by atoms with E-state index in [2.05, 4.69) is 55.3 Å². The lowest BCUT2D eigenvalue weighted by Gasteiger charge is -2.20. The van der Waals surface area contributed by atoms with E-state index < -0.39 is 0 Å². The Balaban J connectivity index is 1.88. The maximum atomic E-state index is 5.62. The second-order valence-electron chi connectivity index (χ2n) is 5.60. The molecule has 0 aliphatic carbocycles. The molecule has 1 aliphatic rings. The van der Waals surface area contributed by atoms with Gasteiger partial charge in [0.2, 0.25) is 0 Å². The molecular formula is C16H26N2O. The number of anilines is 1. The van der Waals surface area contributed by atoms with Crippen LogP contribution in [-0.2, 0) is 0 Å². The molecule has 1 fully saturated rings. The van der Waals surface area contributed by atoms with E-state index in [-0.39, 0.29) is 0 Å². The van der Waals surface area contributed by atoms with Crippen LogP contribution in [0.1, 0.15) is 33.6 Å². The molecule has 3 nitrogen and oxygen atoms in total. The number of hydrogen-bond donors (Lipinski definition) is 1. The molecule has 0 aromatic heterocycles. The van der Waals surface area contributed by atoms with Crippen LogP contribution >= 0.6 is 0 Å². The first kappa shape index (κ1) is 14.2. The third-order valence-electron chi connectivity index (χ3n) is 3.43. The van der Waals surface area contributed by atoms with Crippen molar-refractivity contribution >= 4 is 5.69 Å². The smallest absolute Gasteiger partial charge is 0.119 e. The van der Waals surface area contributed by atoms with Crippen molar-refractivity contribution in [1.82, 2.24) is 5.32 Å². The molecule has 3 heteroatoms. The van der Waals surface area contributed by atoms with Crippen LogP contribution in [0.15, 0.2) is 24.3 Å². The molecule has 1 saturated heterocycles. The van der Waals surface area contributed by atoms with Crippen molar-refractivity contribution in [3.8, 4) is 5.75 Å². The third-order valence-corrected chi connectivity index (χ3v) is 3.43. The number of ether oxygens (including phenoxy) is 1. The average Bonchev–Trinajstić information content (AvgIpc) is 2.84. The first-order valence-electron chi connectivity index (χ1n) is 7.43. The number of benzene rings is 1. The number of hydrogen-bond acceptors (Lipinski definition) is 3.